The number of hydrogen-bond donors (Lipinski definition) is 1. The van der Waals surface area contributed by atoms with Crippen molar-refractivity contribution in [2.75, 3.05) is 16.8 Å². The van der Waals surface area contributed by atoms with E-state index in [1.54, 1.807) is 4.90 Å². The molecule has 1 N–H and O–H groups in total. The highest BCUT2D eigenvalue weighted by Gasteiger charge is 2.40. The van der Waals surface area contributed by atoms with Gasteiger partial charge in [0.1, 0.15) is 12.6 Å². The van der Waals surface area contributed by atoms with E-state index < -0.39 is 0 Å². The second kappa shape index (κ2) is 9.86. The first-order chi connectivity index (χ1) is 18.5. The third-order valence-electron chi connectivity index (χ3n) is 7.49. The zero-order chi connectivity index (χ0) is 26.2. The fraction of sp³-hybridized carbons (Fsp3) is 0.250. The van der Waals surface area contributed by atoms with Gasteiger partial charge in [-0.05, 0) is 73.7 Å². The lowest BCUT2D eigenvalue weighted by Crippen LogP contribution is -2.48. The molecule has 1 fully saturated rings. The van der Waals surface area contributed by atoms with Crippen molar-refractivity contribution >= 4 is 23.3 Å². The molecule has 38 heavy (non-hydrogen) atoms. The lowest BCUT2D eigenvalue weighted by Gasteiger charge is -2.39. The summed E-state index contributed by atoms with van der Waals surface area (Å²) in [6.07, 6.45) is 4.77. The smallest absolute Gasteiger partial charge is 0.316 e. The van der Waals surface area contributed by atoms with Gasteiger partial charge >= 0.3 is 6.03 Å². The van der Waals surface area contributed by atoms with E-state index in [2.05, 4.69) is 48.0 Å². The molecular weight excluding hydrogens is 472 g/mol. The minimum absolute atomic E-state index is 0.0152. The summed E-state index contributed by atoms with van der Waals surface area (Å²) in [4.78, 5) is 31.3. The van der Waals surface area contributed by atoms with Crippen LogP contribution in [0, 0.1) is 6.92 Å². The SMILES string of the molecule is CCc1cccc(NC(=O)N(CC(=O)N2c3ccccc3-n3cccc3C2c2cccc(C)c2)C2CC2)c1. The van der Waals surface area contributed by atoms with E-state index in [0.29, 0.717) is 0 Å². The number of para-hydroxylation sites is 2. The van der Waals surface area contributed by atoms with Crippen LogP contribution in [0.3, 0.4) is 0 Å². The molecule has 192 valence electrons. The summed E-state index contributed by atoms with van der Waals surface area (Å²) in [5.41, 5.74) is 6.94. The highest BCUT2D eigenvalue weighted by Crippen LogP contribution is 2.42. The third-order valence-corrected chi connectivity index (χ3v) is 7.49. The molecule has 6 heteroatoms. The summed E-state index contributed by atoms with van der Waals surface area (Å²) in [5.74, 6) is -0.0965. The van der Waals surface area contributed by atoms with E-state index in [1.165, 1.54) is 0 Å². The van der Waals surface area contributed by atoms with Gasteiger partial charge in [-0.15, -0.1) is 0 Å². The lowest BCUT2D eigenvalue weighted by molar-refractivity contribution is -0.119. The number of carbonyl (C=O) groups is 2. The first-order valence-electron chi connectivity index (χ1n) is 13.4. The number of hydrogen-bond acceptors (Lipinski definition) is 2. The van der Waals surface area contributed by atoms with Crippen LogP contribution in [0.1, 0.15) is 48.2 Å². The fourth-order valence-corrected chi connectivity index (χ4v) is 5.46. The normalized spacial score (nSPS) is 15.9. The Morgan fingerprint density at radius 1 is 0.921 bits per heavy atom. The van der Waals surface area contributed by atoms with E-state index in [1.807, 2.05) is 71.8 Å². The lowest BCUT2D eigenvalue weighted by atomic mass is 9.96. The number of fused-ring (bicyclic) bond motifs is 3. The van der Waals surface area contributed by atoms with E-state index in [4.69, 9.17) is 0 Å². The van der Waals surface area contributed by atoms with Crippen molar-refractivity contribution in [3.05, 3.63) is 114 Å². The Labute approximate surface area is 223 Å². The van der Waals surface area contributed by atoms with Gasteiger partial charge in [0.15, 0.2) is 0 Å². The minimum atomic E-state index is -0.294. The van der Waals surface area contributed by atoms with Gasteiger partial charge in [-0.1, -0.05) is 61.0 Å². The molecule has 6 nitrogen and oxygen atoms in total. The number of rotatable bonds is 6. The highest BCUT2D eigenvalue weighted by atomic mass is 16.2. The van der Waals surface area contributed by atoms with Crippen molar-refractivity contribution in [1.82, 2.24) is 9.47 Å². The van der Waals surface area contributed by atoms with Gasteiger partial charge in [-0.3, -0.25) is 9.69 Å². The first kappa shape index (κ1) is 24.0. The Morgan fingerprint density at radius 2 is 1.71 bits per heavy atom. The Morgan fingerprint density at radius 3 is 2.47 bits per heavy atom. The van der Waals surface area contributed by atoms with Gasteiger partial charge < -0.3 is 14.8 Å². The Kier molecular flexibility index (Phi) is 6.24. The fourth-order valence-electron chi connectivity index (χ4n) is 5.46. The van der Waals surface area contributed by atoms with Crippen LogP contribution in [-0.4, -0.2) is 34.0 Å². The number of aromatic nitrogens is 1. The monoisotopic (exact) mass is 504 g/mol. The Bertz CT molecular complexity index is 1500. The largest absolute Gasteiger partial charge is 0.322 e. The van der Waals surface area contributed by atoms with Crippen LogP contribution in [0.2, 0.25) is 0 Å². The maximum atomic E-state index is 14.3. The second-order valence-electron chi connectivity index (χ2n) is 10.2. The number of urea groups is 1. The summed E-state index contributed by atoms with van der Waals surface area (Å²) in [6.45, 7) is 4.17. The molecule has 1 atom stereocenters. The summed E-state index contributed by atoms with van der Waals surface area (Å²) >= 11 is 0. The number of nitrogens with zero attached hydrogens (tertiary/aromatic N) is 3. The number of benzene rings is 3. The third kappa shape index (κ3) is 4.47. The van der Waals surface area contributed by atoms with E-state index in [-0.39, 0.29) is 30.6 Å². The summed E-state index contributed by atoms with van der Waals surface area (Å²) < 4.78 is 2.16. The average Bonchev–Trinajstić information content (AvgIpc) is 3.65. The van der Waals surface area contributed by atoms with Gasteiger partial charge in [0.2, 0.25) is 5.91 Å². The van der Waals surface area contributed by atoms with E-state index in [9.17, 15) is 9.59 Å². The maximum Gasteiger partial charge on any atom is 0.322 e. The maximum absolute atomic E-state index is 14.3. The number of anilines is 2. The Hall–Kier alpha value is -4.32. The van der Waals surface area contributed by atoms with Crippen molar-refractivity contribution in [3.8, 4) is 5.69 Å². The standard InChI is InChI=1S/C32H32N4O2/c1-3-23-10-7-12-25(20-23)33-32(38)35(26-16-17-26)21-30(37)36-28-14-5-4-13-27(28)34-18-8-15-29(34)31(36)24-11-6-9-22(2)19-24/h4-15,18-20,26,31H,3,16-17,21H2,1-2H3,(H,33,38). The minimum Gasteiger partial charge on any atom is -0.316 e. The summed E-state index contributed by atoms with van der Waals surface area (Å²) in [6, 6.07) is 27.9. The molecule has 2 heterocycles. The van der Waals surface area contributed by atoms with Gasteiger partial charge in [0.25, 0.3) is 0 Å². The van der Waals surface area contributed by atoms with Crippen LogP contribution in [-0.2, 0) is 11.2 Å². The van der Waals surface area contributed by atoms with Crippen LogP contribution in [0.4, 0.5) is 16.2 Å². The molecular formula is C32H32N4O2. The number of nitrogens with one attached hydrogen (secondary N) is 1. The molecule has 0 bridgehead atoms. The molecule has 1 aromatic heterocycles. The number of amides is 3. The molecule has 6 rings (SSSR count). The zero-order valence-electron chi connectivity index (χ0n) is 21.8. The zero-order valence-corrected chi connectivity index (χ0v) is 21.8. The molecule has 0 spiro atoms. The predicted octanol–water partition coefficient (Wildman–Crippen LogP) is 6.48. The Balaban J connectivity index is 1.35. The molecule has 4 aromatic rings. The molecule has 3 amide bonds. The molecule has 1 saturated carbocycles. The summed E-state index contributed by atoms with van der Waals surface area (Å²) in [7, 11) is 0. The van der Waals surface area contributed by atoms with Crippen molar-refractivity contribution in [3.63, 3.8) is 0 Å². The molecule has 1 unspecified atom stereocenters. The van der Waals surface area contributed by atoms with Gasteiger partial charge in [0.05, 0.1) is 17.1 Å². The number of carbonyl (C=O) groups excluding carboxylic acids is 2. The van der Waals surface area contributed by atoms with Crippen molar-refractivity contribution in [2.24, 2.45) is 0 Å². The van der Waals surface area contributed by atoms with Crippen molar-refractivity contribution in [1.29, 1.82) is 0 Å². The van der Waals surface area contributed by atoms with Gasteiger partial charge in [-0.2, -0.15) is 0 Å². The molecule has 0 saturated heterocycles. The molecule has 1 aliphatic heterocycles. The predicted molar refractivity (Wildman–Crippen MR) is 151 cm³/mol. The molecule has 2 aliphatic rings. The van der Waals surface area contributed by atoms with Crippen molar-refractivity contribution in [2.45, 2.75) is 45.2 Å². The van der Waals surface area contributed by atoms with E-state index >= 15 is 0 Å². The quantitative estimate of drug-likeness (QED) is 0.327. The first-order valence-corrected chi connectivity index (χ1v) is 13.4. The van der Waals surface area contributed by atoms with Crippen LogP contribution < -0.4 is 10.2 Å². The second-order valence-corrected chi connectivity index (χ2v) is 10.2. The van der Waals surface area contributed by atoms with Gasteiger partial charge in [0, 0.05) is 17.9 Å². The van der Waals surface area contributed by atoms with Crippen LogP contribution >= 0.6 is 0 Å². The van der Waals surface area contributed by atoms with E-state index in [0.717, 1.165) is 58.7 Å². The van der Waals surface area contributed by atoms with Gasteiger partial charge in [-0.25, -0.2) is 4.79 Å². The van der Waals surface area contributed by atoms with Crippen LogP contribution in [0.15, 0.2) is 91.1 Å². The highest BCUT2D eigenvalue weighted by molar-refractivity contribution is 6.01. The number of aryl methyl sites for hydroxylation is 2. The molecule has 0 radical (unpaired) electrons. The topological polar surface area (TPSA) is 57.6 Å². The average molecular weight is 505 g/mol. The van der Waals surface area contributed by atoms with Crippen LogP contribution in [0.25, 0.3) is 5.69 Å². The summed E-state index contributed by atoms with van der Waals surface area (Å²) in [5, 5.41) is 3.04. The molecule has 1 aliphatic carbocycles. The molecule has 3 aromatic carbocycles. The van der Waals surface area contributed by atoms with Crippen molar-refractivity contribution < 1.29 is 9.59 Å². The van der Waals surface area contributed by atoms with Crippen LogP contribution in [0.5, 0.6) is 0 Å².